The highest BCUT2D eigenvalue weighted by molar-refractivity contribution is 5.93. The third-order valence-electron chi connectivity index (χ3n) is 10.4. The first-order valence-electron chi connectivity index (χ1n) is 20.1. The summed E-state index contributed by atoms with van der Waals surface area (Å²) in [5, 5.41) is 1.11. The molecule has 1 aliphatic heterocycles. The summed E-state index contributed by atoms with van der Waals surface area (Å²) in [4.78, 5) is 2.29. The Hall–Kier alpha value is -7.46. The summed E-state index contributed by atoms with van der Waals surface area (Å²) in [6.07, 6.45) is 23.8. The molecule has 0 aliphatic carbocycles. The summed E-state index contributed by atoms with van der Waals surface area (Å²) >= 11 is 0. The second-order valence-corrected chi connectivity index (χ2v) is 14.3. The summed E-state index contributed by atoms with van der Waals surface area (Å²) in [6, 6.07) is 57.5. The Morgan fingerprint density at radius 2 is 1.30 bits per heavy atom. The van der Waals surface area contributed by atoms with Crippen LogP contribution < -0.4 is 11.1 Å². The number of hydrogen-bond acceptors (Lipinski definition) is 2. The van der Waals surface area contributed by atoms with Crippen LogP contribution in [0.4, 0.5) is 5.69 Å². The predicted molar refractivity (Wildman–Crippen MR) is 263 cm³/mol. The average molecular weight is 780 g/mol. The van der Waals surface area contributed by atoms with Crippen LogP contribution in [0, 0.1) is 6.92 Å². The summed E-state index contributed by atoms with van der Waals surface area (Å²) in [6.45, 7) is 13.5. The number of nitrogens with zero attached hydrogens (tertiary/aromatic N) is 2. The quantitative estimate of drug-likeness (QED) is 0.133. The SMILES string of the molecule is C=C/C=C(\C=C/CN1/C=C\C(c2ccc(C)n(C(/C=C/c3ccccc3)=C/C(=C\C)c3ccccc3)c3ccccc3cc2)=C/C(=C)c2ccccc21)c1ccccc1.N. The van der Waals surface area contributed by atoms with E-state index in [0.717, 1.165) is 72.5 Å². The number of para-hydroxylation sites is 2. The van der Waals surface area contributed by atoms with Crippen molar-refractivity contribution >= 4 is 50.7 Å². The number of aromatic nitrogens is 1. The van der Waals surface area contributed by atoms with Crippen molar-refractivity contribution < 1.29 is 0 Å². The highest BCUT2D eigenvalue weighted by atomic mass is 15.1. The second-order valence-electron chi connectivity index (χ2n) is 14.3. The zero-order chi connectivity index (χ0) is 40.8. The first-order valence-corrected chi connectivity index (χ1v) is 20.1. The van der Waals surface area contributed by atoms with Gasteiger partial charge in [-0.3, -0.25) is 0 Å². The monoisotopic (exact) mass is 779 g/mol. The van der Waals surface area contributed by atoms with Crippen molar-refractivity contribution in [2.45, 2.75) is 13.8 Å². The normalized spacial score (nSPS) is 14.8. The third-order valence-corrected chi connectivity index (χ3v) is 10.4. The van der Waals surface area contributed by atoms with Crippen LogP contribution in [0.2, 0.25) is 0 Å². The van der Waals surface area contributed by atoms with Crippen LogP contribution in [-0.2, 0) is 0 Å². The Kier molecular flexibility index (Phi) is 14.6. The van der Waals surface area contributed by atoms with Crippen LogP contribution in [0.15, 0.2) is 238 Å². The largest absolute Gasteiger partial charge is 0.344 e. The smallest absolute Gasteiger partial charge is 0.0530 e. The molecule has 1 aromatic heterocycles. The first-order chi connectivity index (χ1) is 29.0. The number of aryl methyl sites for hydroxylation is 1. The molecule has 3 heteroatoms. The zero-order valence-electron chi connectivity index (χ0n) is 34.7. The van der Waals surface area contributed by atoms with Crippen molar-refractivity contribution in [1.29, 1.82) is 0 Å². The van der Waals surface area contributed by atoms with Crippen LogP contribution in [0.1, 0.15) is 40.4 Å². The number of rotatable bonds is 11. The zero-order valence-corrected chi connectivity index (χ0v) is 34.7. The fraction of sp³-hybridized carbons (Fsp3) is 0.0526. The van der Waals surface area contributed by atoms with Gasteiger partial charge in [0.2, 0.25) is 0 Å². The fourth-order valence-electron chi connectivity index (χ4n) is 7.33. The predicted octanol–water partition coefficient (Wildman–Crippen LogP) is 15.2. The summed E-state index contributed by atoms with van der Waals surface area (Å²) in [5.74, 6) is 0. The Balaban J connectivity index is 0.00000604. The summed E-state index contributed by atoms with van der Waals surface area (Å²) in [5.41, 5.74) is 14.3. The van der Waals surface area contributed by atoms with E-state index in [1.165, 1.54) is 5.56 Å². The van der Waals surface area contributed by atoms with Gasteiger partial charge >= 0.3 is 0 Å². The van der Waals surface area contributed by atoms with E-state index < -0.39 is 0 Å². The minimum Gasteiger partial charge on any atom is -0.344 e. The summed E-state index contributed by atoms with van der Waals surface area (Å²) in [7, 11) is 0. The van der Waals surface area contributed by atoms with Crippen LogP contribution in [0.3, 0.4) is 0 Å². The molecular formula is C57H53N3. The van der Waals surface area contributed by atoms with Crippen LogP contribution >= 0.6 is 0 Å². The lowest BCUT2D eigenvalue weighted by Crippen LogP contribution is -2.18. The standard InChI is InChI=1S/C57H50N2.H3N/c1-5-21-48(50-26-14-9-15-27-50)29-20-40-58-41-39-53(42-44(3)55-30-17-19-32-57(55)58)51-35-33-45(4)59(56-31-18-16-28-52(56)37-36-51)54(38-34-46-22-10-7-11-23-46)43-47(6-2)49-24-12-8-13-25-49;/h5-39,41-43H,1,3,40H2,2,4H3;1H3/b29-20-,37-36?,38-34+,41-39-,45-33?,47-6+,48-21+,51-35?,53-42+,54-43+;. The van der Waals surface area contributed by atoms with Gasteiger partial charge in [0.05, 0.1) is 5.52 Å². The molecule has 5 aromatic carbocycles. The van der Waals surface area contributed by atoms with E-state index in [0.29, 0.717) is 6.54 Å². The van der Waals surface area contributed by atoms with Crippen molar-refractivity contribution in [1.82, 2.24) is 10.7 Å². The molecule has 7 rings (SSSR count). The van der Waals surface area contributed by atoms with E-state index in [2.05, 4.69) is 255 Å². The molecule has 0 radical (unpaired) electrons. The maximum atomic E-state index is 4.59. The van der Waals surface area contributed by atoms with Gasteiger partial charge in [-0.1, -0.05) is 195 Å². The van der Waals surface area contributed by atoms with E-state index >= 15 is 0 Å². The maximum absolute atomic E-state index is 4.59. The van der Waals surface area contributed by atoms with Gasteiger partial charge in [0, 0.05) is 35.4 Å². The van der Waals surface area contributed by atoms with E-state index in [1.807, 2.05) is 12.1 Å². The van der Waals surface area contributed by atoms with Gasteiger partial charge in [-0.15, -0.1) is 0 Å². The molecule has 6 aromatic rings. The molecule has 3 nitrogen and oxygen atoms in total. The van der Waals surface area contributed by atoms with Gasteiger partial charge in [0.25, 0.3) is 0 Å². The van der Waals surface area contributed by atoms with E-state index in [4.69, 9.17) is 0 Å². The summed E-state index contributed by atoms with van der Waals surface area (Å²) < 4.78 is 2.36. The van der Waals surface area contributed by atoms with Gasteiger partial charge in [0.1, 0.15) is 0 Å². The lowest BCUT2D eigenvalue weighted by molar-refractivity contribution is 1.07. The average Bonchev–Trinajstić information content (AvgIpc) is 3.35. The maximum Gasteiger partial charge on any atom is 0.0530 e. The molecule has 2 heterocycles. The van der Waals surface area contributed by atoms with Gasteiger partial charge in [0.15, 0.2) is 0 Å². The number of allylic oxidation sites excluding steroid dienone is 13. The number of anilines is 1. The van der Waals surface area contributed by atoms with Crippen LogP contribution in [0.25, 0.3) is 45.0 Å². The molecule has 3 N–H and O–H groups in total. The van der Waals surface area contributed by atoms with Crippen molar-refractivity contribution in [3.63, 3.8) is 0 Å². The van der Waals surface area contributed by atoms with Crippen molar-refractivity contribution in [2.75, 3.05) is 11.4 Å². The second kappa shape index (κ2) is 20.8. The third kappa shape index (κ3) is 10.3. The van der Waals surface area contributed by atoms with Crippen molar-refractivity contribution in [3.8, 4) is 0 Å². The van der Waals surface area contributed by atoms with Crippen molar-refractivity contribution in [2.24, 2.45) is 0 Å². The fourth-order valence-corrected chi connectivity index (χ4v) is 7.33. The van der Waals surface area contributed by atoms with Crippen LogP contribution in [0.5, 0.6) is 0 Å². The number of benzene rings is 5. The highest BCUT2D eigenvalue weighted by Crippen LogP contribution is 2.33. The molecule has 60 heavy (non-hydrogen) atoms. The van der Waals surface area contributed by atoms with Gasteiger partial charge in [-0.05, 0) is 106 Å². The first kappa shape index (κ1) is 42.2. The minimum absolute atomic E-state index is 0. The molecule has 0 amide bonds. The molecule has 0 saturated heterocycles. The Morgan fingerprint density at radius 1 is 0.667 bits per heavy atom. The lowest BCUT2D eigenvalue weighted by atomic mass is 9.97. The molecule has 0 fully saturated rings. The van der Waals surface area contributed by atoms with Gasteiger partial charge in [-0.25, -0.2) is 0 Å². The molecule has 0 bridgehead atoms. The molecule has 0 spiro atoms. The van der Waals surface area contributed by atoms with Gasteiger partial charge in [-0.2, -0.15) is 0 Å². The Labute approximate surface area is 356 Å². The molecule has 296 valence electrons. The van der Waals surface area contributed by atoms with Crippen LogP contribution in [-0.4, -0.2) is 11.1 Å². The molecule has 1 aliphatic rings. The van der Waals surface area contributed by atoms with E-state index in [-0.39, 0.29) is 6.15 Å². The minimum atomic E-state index is 0. The molecular weight excluding hydrogens is 727 g/mol. The molecule has 0 unspecified atom stereocenters. The van der Waals surface area contributed by atoms with E-state index in [9.17, 15) is 0 Å². The van der Waals surface area contributed by atoms with Crippen molar-refractivity contribution in [3.05, 3.63) is 271 Å². The van der Waals surface area contributed by atoms with Gasteiger partial charge < -0.3 is 15.6 Å². The highest BCUT2D eigenvalue weighted by Gasteiger charge is 2.14. The topological polar surface area (TPSA) is 43.2 Å². The molecule has 0 saturated carbocycles. The Morgan fingerprint density at radius 3 is 2.02 bits per heavy atom. The Bertz CT molecular complexity index is 2720. The van der Waals surface area contributed by atoms with E-state index in [1.54, 1.807) is 0 Å². The molecule has 0 atom stereocenters. The lowest BCUT2D eigenvalue weighted by Gasteiger charge is -2.24. The number of fused-ring (bicyclic) bond motifs is 2. The number of hydrogen-bond donors (Lipinski definition) is 1.